The highest BCUT2D eigenvalue weighted by Gasteiger charge is 2.32. The van der Waals surface area contributed by atoms with Gasteiger partial charge in [-0.05, 0) is 31.0 Å². The second-order valence-electron chi connectivity index (χ2n) is 4.79. The molecule has 7 heteroatoms. The van der Waals surface area contributed by atoms with Gasteiger partial charge in [0.05, 0.1) is 5.56 Å². The van der Waals surface area contributed by atoms with Crippen molar-refractivity contribution in [2.24, 2.45) is 0 Å². The number of benzene rings is 1. The van der Waals surface area contributed by atoms with Gasteiger partial charge in [0, 0.05) is 16.9 Å². The largest absolute Gasteiger partial charge is 0.416 e. The van der Waals surface area contributed by atoms with E-state index in [2.05, 4.69) is 4.98 Å². The second kappa shape index (κ2) is 4.91. The molecule has 1 heterocycles. The fraction of sp³-hybridized carbons (Fsp3) is 0.286. The van der Waals surface area contributed by atoms with Crippen LogP contribution in [0.25, 0.3) is 10.6 Å². The number of aromatic nitrogens is 1. The molecule has 0 N–H and O–H groups in total. The topological polar surface area (TPSA) is 30.0 Å². The summed E-state index contributed by atoms with van der Waals surface area (Å²) >= 11 is 1.15. The molecule has 0 unspecified atom stereocenters. The number of halogens is 4. The van der Waals surface area contributed by atoms with Crippen LogP contribution < -0.4 is 0 Å². The van der Waals surface area contributed by atoms with Crippen LogP contribution in [0.5, 0.6) is 0 Å². The maximum atomic E-state index is 13.4. The number of hydrogen-bond donors (Lipinski definition) is 0. The molecule has 0 bridgehead atoms. The third-order valence-electron chi connectivity index (χ3n) is 3.24. The molecule has 2 aromatic rings. The number of aryl methyl sites for hydroxylation is 1. The molecule has 21 heavy (non-hydrogen) atoms. The quantitative estimate of drug-likeness (QED) is 0.726. The highest BCUT2D eigenvalue weighted by atomic mass is 32.1. The summed E-state index contributed by atoms with van der Waals surface area (Å²) in [5.41, 5.74) is -0.689. The van der Waals surface area contributed by atoms with Gasteiger partial charge < -0.3 is 0 Å². The van der Waals surface area contributed by atoms with Crippen molar-refractivity contribution in [2.75, 3.05) is 0 Å². The van der Waals surface area contributed by atoms with Crippen LogP contribution in [0.1, 0.15) is 33.8 Å². The van der Waals surface area contributed by atoms with E-state index in [0.717, 1.165) is 28.3 Å². The highest BCUT2D eigenvalue weighted by Crippen LogP contribution is 2.36. The summed E-state index contributed by atoms with van der Waals surface area (Å²) in [7, 11) is 0. The van der Waals surface area contributed by atoms with Gasteiger partial charge >= 0.3 is 6.18 Å². The number of ketones is 1. The molecule has 0 saturated heterocycles. The number of carbonyl (C=O) groups excluding carboxylic acids is 1. The lowest BCUT2D eigenvalue weighted by molar-refractivity contribution is -0.137. The van der Waals surface area contributed by atoms with Crippen LogP contribution in [0.2, 0.25) is 0 Å². The van der Waals surface area contributed by atoms with Crippen molar-refractivity contribution in [3.8, 4) is 10.6 Å². The fourth-order valence-corrected chi connectivity index (χ4v) is 3.38. The minimum atomic E-state index is -4.62. The number of carbonyl (C=O) groups is 1. The van der Waals surface area contributed by atoms with E-state index in [4.69, 9.17) is 0 Å². The van der Waals surface area contributed by atoms with Gasteiger partial charge in [-0.2, -0.15) is 13.2 Å². The van der Waals surface area contributed by atoms with Crippen LogP contribution in [0.15, 0.2) is 18.2 Å². The Labute approximate surface area is 121 Å². The average molecular weight is 315 g/mol. The Morgan fingerprint density at radius 3 is 2.57 bits per heavy atom. The van der Waals surface area contributed by atoms with Crippen LogP contribution >= 0.6 is 11.3 Å². The minimum absolute atomic E-state index is 0.0505. The zero-order valence-corrected chi connectivity index (χ0v) is 11.4. The maximum Gasteiger partial charge on any atom is 0.416 e. The smallest absolute Gasteiger partial charge is 0.292 e. The molecule has 1 aliphatic carbocycles. The third kappa shape index (κ3) is 2.70. The number of rotatable bonds is 1. The van der Waals surface area contributed by atoms with Gasteiger partial charge in [0.1, 0.15) is 16.5 Å². The van der Waals surface area contributed by atoms with Crippen molar-refractivity contribution in [3.05, 3.63) is 40.2 Å². The summed E-state index contributed by atoms with van der Waals surface area (Å²) < 4.78 is 51.6. The molecule has 0 aliphatic heterocycles. The predicted molar refractivity (Wildman–Crippen MR) is 69.8 cm³/mol. The second-order valence-corrected chi connectivity index (χ2v) is 5.88. The molecule has 3 rings (SSSR count). The number of fused-ring (bicyclic) bond motifs is 1. The Balaban J connectivity index is 2.09. The van der Waals surface area contributed by atoms with Crippen molar-refractivity contribution < 1.29 is 22.4 Å². The van der Waals surface area contributed by atoms with Crippen molar-refractivity contribution in [3.63, 3.8) is 0 Å². The van der Waals surface area contributed by atoms with Gasteiger partial charge in [0.15, 0.2) is 5.78 Å². The molecule has 0 saturated carbocycles. The maximum absolute atomic E-state index is 13.4. The van der Waals surface area contributed by atoms with Gasteiger partial charge in [-0.3, -0.25) is 4.79 Å². The molecular formula is C14H9F4NOS. The molecule has 110 valence electrons. The Morgan fingerprint density at radius 2 is 1.90 bits per heavy atom. The predicted octanol–water partition coefficient (Wildman–Crippen LogP) is 4.49. The van der Waals surface area contributed by atoms with Gasteiger partial charge in [0.2, 0.25) is 0 Å². The van der Waals surface area contributed by atoms with Crippen molar-refractivity contribution in [1.29, 1.82) is 0 Å². The lowest BCUT2D eigenvalue weighted by atomic mass is 10.0. The molecule has 0 spiro atoms. The SMILES string of the molecule is O=C1CCCc2sc(-c3cc(F)cc(C(F)(F)F)c3)nc21. The Kier molecular flexibility index (Phi) is 3.32. The lowest BCUT2D eigenvalue weighted by Crippen LogP contribution is -2.08. The van der Waals surface area contributed by atoms with E-state index in [1.54, 1.807) is 0 Å². The Morgan fingerprint density at radius 1 is 1.14 bits per heavy atom. The zero-order chi connectivity index (χ0) is 15.2. The summed E-state index contributed by atoms with van der Waals surface area (Å²) in [4.78, 5) is 16.6. The molecule has 0 atom stereocenters. The number of hydrogen-bond acceptors (Lipinski definition) is 3. The van der Waals surface area contributed by atoms with Crippen LogP contribution in [-0.2, 0) is 12.6 Å². The fourth-order valence-electron chi connectivity index (χ4n) is 2.27. The zero-order valence-electron chi connectivity index (χ0n) is 10.6. The number of thiazole rings is 1. The number of alkyl halides is 3. The molecule has 0 amide bonds. The highest BCUT2D eigenvalue weighted by molar-refractivity contribution is 7.15. The molecular weight excluding hydrogens is 306 g/mol. The van der Waals surface area contributed by atoms with Crippen molar-refractivity contribution >= 4 is 17.1 Å². The van der Waals surface area contributed by atoms with E-state index in [1.807, 2.05) is 0 Å². The lowest BCUT2D eigenvalue weighted by Gasteiger charge is -2.08. The standard InChI is InChI=1S/C14H9F4NOS/c15-9-5-7(4-8(6-9)14(16,17)18)13-19-12-10(20)2-1-3-11(12)21-13/h4-6H,1-3H2. The van der Waals surface area contributed by atoms with Crippen LogP contribution in [-0.4, -0.2) is 10.8 Å². The van der Waals surface area contributed by atoms with E-state index in [9.17, 15) is 22.4 Å². The summed E-state index contributed by atoms with van der Waals surface area (Å²) in [5, 5.41) is 0.250. The number of nitrogens with zero attached hydrogens (tertiary/aromatic N) is 1. The molecule has 1 aromatic heterocycles. The van der Waals surface area contributed by atoms with E-state index < -0.39 is 17.6 Å². The monoisotopic (exact) mass is 315 g/mol. The van der Waals surface area contributed by atoms with Crippen LogP contribution in [0.3, 0.4) is 0 Å². The Hall–Kier alpha value is -1.76. The van der Waals surface area contributed by atoms with E-state index in [-0.39, 0.29) is 16.4 Å². The van der Waals surface area contributed by atoms with Gasteiger partial charge in [-0.25, -0.2) is 9.37 Å². The summed E-state index contributed by atoms with van der Waals surface area (Å²) in [6, 6.07) is 2.31. The first-order chi connectivity index (χ1) is 9.84. The van der Waals surface area contributed by atoms with Gasteiger partial charge in [-0.1, -0.05) is 0 Å². The van der Waals surface area contributed by atoms with Crippen LogP contribution in [0.4, 0.5) is 17.6 Å². The molecule has 0 radical (unpaired) electrons. The summed E-state index contributed by atoms with van der Waals surface area (Å²) in [6.07, 6.45) is -2.83. The summed E-state index contributed by atoms with van der Waals surface area (Å²) in [5.74, 6) is -1.08. The van der Waals surface area contributed by atoms with Crippen LogP contribution in [0, 0.1) is 5.82 Å². The third-order valence-corrected chi connectivity index (χ3v) is 4.41. The molecule has 0 fully saturated rings. The van der Waals surface area contributed by atoms with Gasteiger partial charge in [-0.15, -0.1) is 11.3 Å². The average Bonchev–Trinajstić information content (AvgIpc) is 2.82. The minimum Gasteiger partial charge on any atom is -0.292 e. The molecule has 1 aromatic carbocycles. The van der Waals surface area contributed by atoms with E-state index >= 15 is 0 Å². The van der Waals surface area contributed by atoms with E-state index in [1.165, 1.54) is 0 Å². The first kappa shape index (κ1) is 14.2. The molecule has 2 nitrogen and oxygen atoms in total. The first-order valence-corrected chi connectivity index (χ1v) is 7.07. The summed E-state index contributed by atoms with van der Waals surface area (Å²) in [6.45, 7) is 0. The first-order valence-electron chi connectivity index (χ1n) is 6.25. The normalized spacial score (nSPS) is 15.1. The Bertz CT molecular complexity index is 720. The van der Waals surface area contributed by atoms with Gasteiger partial charge in [0.25, 0.3) is 0 Å². The number of Topliss-reactive ketones (excluding diaryl/α,β-unsaturated/α-hetero) is 1. The van der Waals surface area contributed by atoms with Crippen molar-refractivity contribution in [1.82, 2.24) is 4.98 Å². The van der Waals surface area contributed by atoms with E-state index in [0.29, 0.717) is 31.0 Å². The molecule has 1 aliphatic rings. The van der Waals surface area contributed by atoms with Crippen molar-refractivity contribution in [2.45, 2.75) is 25.4 Å².